The zero-order valence-corrected chi connectivity index (χ0v) is 17.7. The lowest BCUT2D eigenvalue weighted by molar-refractivity contribution is -0.152. The Morgan fingerprint density at radius 1 is 1.20 bits per heavy atom. The van der Waals surface area contributed by atoms with Crippen LogP contribution in [0.3, 0.4) is 0 Å². The topological polar surface area (TPSA) is 49.8 Å². The van der Waals surface area contributed by atoms with Gasteiger partial charge < -0.3 is 14.7 Å². The van der Waals surface area contributed by atoms with E-state index < -0.39 is 0 Å². The molecule has 0 saturated carbocycles. The number of phenols is 1. The van der Waals surface area contributed by atoms with Gasteiger partial charge in [0.05, 0.1) is 24.7 Å². The molecular formula is C25H30FNO3. The van der Waals surface area contributed by atoms with E-state index in [0.29, 0.717) is 18.9 Å². The number of ether oxygens (including phenoxy) is 1. The third-order valence-corrected chi connectivity index (χ3v) is 6.78. The lowest BCUT2D eigenvalue weighted by Gasteiger charge is -2.48. The van der Waals surface area contributed by atoms with Gasteiger partial charge in [-0.3, -0.25) is 4.79 Å². The molecule has 2 aliphatic rings. The predicted octanol–water partition coefficient (Wildman–Crippen LogP) is 4.87. The van der Waals surface area contributed by atoms with Crippen LogP contribution >= 0.6 is 0 Å². The molecule has 5 heteroatoms. The van der Waals surface area contributed by atoms with Gasteiger partial charge in [-0.15, -0.1) is 0 Å². The molecule has 2 aliphatic heterocycles. The van der Waals surface area contributed by atoms with E-state index in [1.165, 1.54) is 12.1 Å². The smallest absolute Gasteiger partial charge is 0.227 e. The number of likely N-dealkylation sites (tertiary alicyclic amines) is 1. The summed E-state index contributed by atoms with van der Waals surface area (Å²) in [6.45, 7) is 5.66. The Hall–Kier alpha value is -2.40. The molecule has 160 valence electrons. The summed E-state index contributed by atoms with van der Waals surface area (Å²) in [5, 5.41) is 9.48. The summed E-state index contributed by atoms with van der Waals surface area (Å²) < 4.78 is 19.8. The second-order valence-electron chi connectivity index (χ2n) is 9.11. The monoisotopic (exact) mass is 411 g/mol. The number of halogens is 1. The number of phenolic OH excluding ortho intramolecular Hbond substituents is 1. The van der Waals surface area contributed by atoms with Crippen LogP contribution in [0.25, 0.3) is 0 Å². The highest BCUT2D eigenvalue weighted by atomic mass is 19.1. The van der Waals surface area contributed by atoms with Gasteiger partial charge >= 0.3 is 0 Å². The largest absolute Gasteiger partial charge is 0.508 e. The van der Waals surface area contributed by atoms with Crippen molar-refractivity contribution in [2.24, 2.45) is 11.8 Å². The summed E-state index contributed by atoms with van der Waals surface area (Å²) in [4.78, 5) is 15.2. The number of carbonyl (C=O) groups is 1. The molecule has 0 radical (unpaired) electrons. The van der Waals surface area contributed by atoms with E-state index in [-0.39, 0.29) is 35.0 Å². The molecule has 30 heavy (non-hydrogen) atoms. The van der Waals surface area contributed by atoms with Crippen LogP contribution in [-0.4, -0.2) is 34.6 Å². The highest BCUT2D eigenvalue weighted by Gasteiger charge is 2.50. The van der Waals surface area contributed by atoms with Crippen molar-refractivity contribution in [1.29, 1.82) is 0 Å². The minimum Gasteiger partial charge on any atom is -0.508 e. The minimum atomic E-state index is -0.264. The van der Waals surface area contributed by atoms with E-state index in [0.717, 1.165) is 36.9 Å². The molecule has 1 amide bonds. The van der Waals surface area contributed by atoms with Crippen molar-refractivity contribution in [2.75, 3.05) is 13.2 Å². The number of nitrogens with zero attached hydrogens (tertiary/aromatic N) is 1. The highest BCUT2D eigenvalue weighted by Crippen LogP contribution is 2.47. The summed E-state index contributed by atoms with van der Waals surface area (Å²) in [5.74, 6) is 0.716. The second-order valence-corrected chi connectivity index (χ2v) is 9.11. The van der Waals surface area contributed by atoms with Gasteiger partial charge in [0.25, 0.3) is 0 Å². The van der Waals surface area contributed by atoms with Crippen molar-refractivity contribution < 1.29 is 19.0 Å². The summed E-state index contributed by atoms with van der Waals surface area (Å²) in [5.41, 5.74) is 1.64. The first-order valence-corrected chi connectivity index (χ1v) is 10.8. The lowest BCUT2D eigenvalue weighted by atomic mass is 9.73. The van der Waals surface area contributed by atoms with Crippen molar-refractivity contribution in [2.45, 2.75) is 51.2 Å². The Balaban J connectivity index is 1.53. The van der Waals surface area contributed by atoms with Crippen molar-refractivity contribution >= 4 is 5.91 Å². The zero-order valence-electron chi connectivity index (χ0n) is 17.7. The zero-order chi connectivity index (χ0) is 21.3. The molecule has 3 atom stereocenters. The molecule has 2 fully saturated rings. The Labute approximate surface area is 177 Å². The maximum atomic E-state index is 13.4. The van der Waals surface area contributed by atoms with E-state index in [1.54, 1.807) is 24.3 Å². The molecule has 4 rings (SSSR count). The van der Waals surface area contributed by atoms with E-state index in [2.05, 4.69) is 13.8 Å². The first-order chi connectivity index (χ1) is 14.4. The van der Waals surface area contributed by atoms with Gasteiger partial charge in [0, 0.05) is 6.54 Å². The summed E-state index contributed by atoms with van der Waals surface area (Å²) in [7, 11) is 0. The van der Waals surface area contributed by atoms with E-state index in [9.17, 15) is 14.3 Å². The first-order valence-electron chi connectivity index (χ1n) is 10.8. The lowest BCUT2D eigenvalue weighted by Crippen LogP contribution is -2.56. The molecule has 1 N–H and O–H groups in total. The number of benzene rings is 2. The normalized spacial score (nSPS) is 26.5. The first kappa shape index (κ1) is 20.9. The molecular weight excluding hydrogens is 381 g/mol. The summed E-state index contributed by atoms with van der Waals surface area (Å²) in [6, 6.07) is 13.4. The summed E-state index contributed by atoms with van der Waals surface area (Å²) >= 11 is 0. The van der Waals surface area contributed by atoms with Crippen molar-refractivity contribution in [3.05, 3.63) is 65.5 Å². The van der Waals surface area contributed by atoms with Gasteiger partial charge in [0.1, 0.15) is 11.6 Å². The van der Waals surface area contributed by atoms with Crippen molar-refractivity contribution in [3.63, 3.8) is 0 Å². The van der Waals surface area contributed by atoms with Crippen molar-refractivity contribution in [1.82, 2.24) is 4.90 Å². The quantitative estimate of drug-likeness (QED) is 0.781. The molecule has 2 aromatic carbocycles. The number of hydrogen-bond donors (Lipinski definition) is 1. The van der Waals surface area contributed by atoms with Crippen LogP contribution in [0.15, 0.2) is 48.5 Å². The maximum absolute atomic E-state index is 13.4. The molecule has 0 unspecified atom stereocenters. The molecule has 1 spiro atoms. The van der Waals surface area contributed by atoms with Crippen LogP contribution < -0.4 is 0 Å². The number of aromatic hydroxyl groups is 1. The van der Waals surface area contributed by atoms with Gasteiger partial charge in [-0.1, -0.05) is 38.1 Å². The third-order valence-electron chi connectivity index (χ3n) is 6.78. The highest BCUT2D eigenvalue weighted by molar-refractivity contribution is 5.80. The molecule has 4 nitrogen and oxygen atoms in total. The van der Waals surface area contributed by atoms with Gasteiger partial charge in [-0.25, -0.2) is 4.39 Å². The maximum Gasteiger partial charge on any atom is 0.227 e. The molecule has 2 heterocycles. The van der Waals surface area contributed by atoms with Crippen LogP contribution in [0.2, 0.25) is 0 Å². The van der Waals surface area contributed by atoms with Gasteiger partial charge in [0.15, 0.2) is 0 Å². The SMILES string of the molecule is CC(C)[C@@H]1C[C@@]2(CCCN2C(=O)Cc2ccc(O)cc2)CO[C@H]1c1ccc(F)cc1. The fourth-order valence-electron chi connectivity index (χ4n) is 5.13. The average Bonchev–Trinajstić information content (AvgIpc) is 3.13. The van der Waals surface area contributed by atoms with Crippen LogP contribution in [0.4, 0.5) is 4.39 Å². The van der Waals surface area contributed by atoms with Crippen molar-refractivity contribution in [3.8, 4) is 5.75 Å². The van der Waals surface area contributed by atoms with Crippen LogP contribution in [0, 0.1) is 17.7 Å². The Morgan fingerprint density at radius 3 is 2.57 bits per heavy atom. The second kappa shape index (κ2) is 8.38. The average molecular weight is 412 g/mol. The Morgan fingerprint density at radius 2 is 1.90 bits per heavy atom. The third kappa shape index (κ3) is 4.08. The fraction of sp³-hybridized carbons (Fsp3) is 0.480. The van der Waals surface area contributed by atoms with Gasteiger partial charge in [-0.2, -0.15) is 0 Å². The van der Waals surface area contributed by atoms with E-state index >= 15 is 0 Å². The minimum absolute atomic E-state index is 0.0779. The number of amides is 1. The summed E-state index contributed by atoms with van der Waals surface area (Å²) in [6.07, 6.45) is 3.08. The molecule has 0 bridgehead atoms. The standard InChI is InChI=1S/C25H30FNO3/c1-17(2)22-15-25(16-30-24(22)19-6-8-20(26)9-7-19)12-3-13-27(25)23(29)14-18-4-10-21(28)11-5-18/h4-11,17,22,24,28H,3,12-16H2,1-2H3/t22-,24-,25-/m0/s1. The molecule has 2 aromatic rings. The Bertz CT molecular complexity index is 880. The Kier molecular flexibility index (Phi) is 5.83. The van der Waals surface area contributed by atoms with Crippen LogP contribution in [0.5, 0.6) is 5.75 Å². The molecule has 2 saturated heterocycles. The van der Waals surface area contributed by atoms with E-state index in [4.69, 9.17) is 4.74 Å². The molecule has 0 aromatic heterocycles. The van der Waals surface area contributed by atoms with Gasteiger partial charge in [0.2, 0.25) is 5.91 Å². The predicted molar refractivity (Wildman–Crippen MR) is 114 cm³/mol. The van der Waals surface area contributed by atoms with Crippen LogP contribution in [0.1, 0.15) is 50.3 Å². The number of rotatable bonds is 4. The number of carbonyl (C=O) groups excluding carboxylic acids is 1. The van der Waals surface area contributed by atoms with Crippen LogP contribution in [-0.2, 0) is 16.0 Å². The molecule has 0 aliphatic carbocycles. The van der Waals surface area contributed by atoms with Gasteiger partial charge in [-0.05, 0) is 66.5 Å². The number of hydrogen-bond acceptors (Lipinski definition) is 3. The fourth-order valence-corrected chi connectivity index (χ4v) is 5.13. The van der Waals surface area contributed by atoms with E-state index in [1.807, 2.05) is 17.0 Å².